The highest BCUT2D eigenvalue weighted by molar-refractivity contribution is 5.75. The topological polar surface area (TPSA) is 76.0 Å². The van der Waals surface area contributed by atoms with E-state index in [4.69, 9.17) is 0 Å². The monoisotopic (exact) mass is 328 g/mol. The number of para-hydroxylation sites is 1. The zero-order valence-electron chi connectivity index (χ0n) is 14.0. The number of benzene rings is 1. The van der Waals surface area contributed by atoms with Crippen molar-refractivity contribution in [1.29, 1.82) is 0 Å². The van der Waals surface area contributed by atoms with Crippen molar-refractivity contribution in [3.05, 3.63) is 48.3 Å². The summed E-state index contributed by atoms with van der Waals surface area (Å²) in [6.07, 6.45) is 6.85. The smallest absolute Gasteiger partial charge is 0.220 e. The Bertz CT molecular complexity index is 652. The molecule has 0 radical (unpaired) electrons. The van der Waals surface area contributed by atoms with Crippen LogP contribution in [-0.2, 0) is 16.1 Å². The quantitative estimate of drug-likeness (QED) is 0.693. The molecule has 0 saturated heterocycles. The molecule has 1 aromatic carbocycles. The molecule has 128 valence electrons. The number of carbonyl (C=O) groups is 2. The first kappa shape index (κ1) is 17.7. The summed E-state index contributed by atoms with van der Waals surface area (Å²) in [6.45, 7) is 2.67. The molecule has 24 heavy (non-hydrogen) atoms. The van der Waals surface area contributed by atoms with Crippen molar-refractivity contribution in [2.45, 2.75) is 39.2 Å². The van der Waals surface area contributed by atoms with Crippen LogP contribution in [0.2, 0.25) is 0 Å². The molecule has 2 amide bonds. The number of aromatic nitrogens is 2. The van der Waals surface area contributed by atoms with Gasteiger partial charge in [0.1, 0.15) is 0 Å². The maximum Gasteiger partial charge on any atom is 0.220 e. The van der Waals surface area contributed by atoms with Gasteiger partial charge in [-0.2, -0.15) is 5.10 Å². The first-order chi connectivity index (χ1) is 11.6. The number of nitrogens with one attached hydrogen (secondary N) is 2. The molecule has 0 aliphatic carbocycles. The highest BCUT2D eigenvalue weighted by Crippen LogP contribution is 2.07. The van der Waals surface area contributed by atoms with Crippen molar-refractivity contribution in [3.8, 4) is 5.69 Å². The predicted molar refractivity (Wildman–Crippen MR) is 92.6 cm³/mol. The molecule has 0 aliphatic rings. The molecule has 6 nitrogen and oxygen atoms in total. The maximum atomic E-state index is 11.8. The number of amides is 2. The van der Waals surface area contributed by atoms with Gasteiger partial charge in [-0.3, -0.25) is 9.59 Å². The number of carbonyl (C=O) groups excluding carboxylic acids is 2. The van der Waals surface area contributed by atoms with Gasteiger partial charge >= 0.3 is 0 Å². The minimum atomic E-state index is -0.0104. The van der Waals surface area contributed by atoms with Crippen LogP contribution in [-0.4, -0.2) is 28.1 Å². The Balaban J connectivity index is 1.64. The maximum absolute atomic E-state index is 11.8. The Morgan fingerprint density at radius 1 is 1.08 bits per heavy atom. The fraction of sp³-hybridized carbons (Fsp3) is 0.389. The van der Waals surface area contributed by atoms with Crippen LogP contribution in [0.25, 0.3) is 5.69 Å². The molecule has 1 aromatic heterocycles. The van der Waals surface area contributed by atoms with E-state index in [0.29, 0.717) is 19.5 Å². The average molecular weight is 328 g/mol. The van der Waals surface area contributed by atoms with Crippen molar-refractivity contribution >= 4 is 11.8 Å². The van der Waals surface area contributed by atoms with Gasteiger partial charge in [-0.25, -0.2) is 4.68 Å². The van der Waals surface area contributed by atoms with Gasteiger partial charge in [0.05, 0.1) is 11.9 Å². The van der Waals surface area contributed by atoms with E-state index < -0.39 is 0 Å². The van der Waals surface area contributed by atoms with Gasteiger partial charge in [0.15, 0.2) is 0 Å². The second kappa shape index (κ2) is 9.50. The summed E-state index contributed by atoms with van der Waals surface area (Å²) < 4.78 is 1.80. The van der Waals surface area contributed by atoms with Crippen LogP contribution in [0.1, 0.15) is 38.2 Å². The van der Waals surface area contributed by atoms with E-state index >= 15 is 0 Å². The number of unbranched alkanes of at least 4 members (excludes halogenated alkanes) is 2. The van der Waals surface area contributed by atoms with Crippen LogP contribution in [0.4, 0.5) is 0 Å². The van der Waals surface area contributed by atoms with E-state index in [1.54, 1.807) is 10.9 Å². The van der Waals surface area contributed by atoms with E-state index in [-0.39, 0.29) is 11.8 Å². The standard InChI is InChI=1S/C18H24N4O2/c1-15(23)19-11-7-3-6-10-18(24)20-12-16-13-21-22(14-16)17-8-4-2-5-9-17/h2,4-5,8-9,13-14H,3,6-7,10-12H2,1H3,(H,19,23)(H,20,24). The van der Waals surface area contributed by atoms with Crippen LogP contribution < -0.4 is 10.6 Å². The number of rotatable bonds is 9. The summed E-state index contributed by atoms with van der Waals surface area (Å²) in [5.41, 5.74) is 1.96. The van der Waals surface area contributed by atoms with Crippen molar-refractivity contribution in [2.75, 3.05) is 6.54 Å². The Kier molecular flexibility index (Phi) is 7.01. The first-order valence-corrected chi connectivity index (χ1v) is 8.25. The van der Waals surface area contributed by atoms with Gasteiger partial charge in [0.25, 0.3) is 0 Å². The molecule has 0 fully saturated rings. The molecule has 1 heterocycles. The molecule has 0 atom stereocenters. The van der Waals surface area contributed by atoms with Crippen molar-refractivity contribution in [3.63, 3.8) is 0 Å². The van der Waals surface area contributed by atoms with Crippen LogP contribution in [0.15, 0.2) is 42.7 Å². The highest BCUT2D eigenvalue weighted by Gasteiger charge is 2.04. The molecule has 2 aromatic rings. The molecule has 0 spiro atoms. The zero-order chi connectivity index (χ0) is 17.2. The summed E-state index contributed by atoms with van der Waals surface area (Å²) in [5, 5.41) is 9.96. The van der Waals surface area contributed by atoms with Gasteiger partial charge < -0.3 is 10.6 Å². The van der Waals surface area contributed by atoms with Crippen molar-refractivity contribution < 1.29 is 9.59 Å². The molecule has 2 rings (SSSR count). The van der Waals surface area contributed by atoms with Crippen LogP contribution in [0, 0.1) is 0 Å². The largest absolute Gasteiger partial charge is 0.356 e. The average Bonchev–Trinajstić information content (AvgIpc) is 3.06. The number of nitrogens with zero attached hydrogens (tertiary/aromatic N) is 2. The van der Waals surface area contributed by atoms with Crippen LogP contribution in [0.3, 0.4) is 0 Å². The molecule has 0 unspecified atom stereocenters. The Morgan fingerprint density at radius 3 is 2.62 bits per heavy atom. The van der Waals surface area contributed by atoms with Gasteiger partial charge in [-0.15, -0.1) is 0 Å². The molecule has 0 aliphatic heterocycles. The third-order valence-electron chi connectivity index (χ3n) is 3.60. The lowest BCUT2D eigenvalue weighted by molar-refractivity contribution is -0.121. The van der Waals surface area contributed by atoms with E-state index in [2.05, 4.69) is 15.7 Å². The van der Waals surface area contributed by atoms with Crippen molar-refractivity contribution in [2.24, 2.45) is 0 Å². The molecular formula is C18H24N4O2. The second-order valence-corrected chi connectivity index (χ2v) is 5.70. The van der Waals surface area contributed by atoms with E-state index in [9.17, 15) is 9.59 Å². The molecule has 0 saturated carbocycles. The summed E-state index contributed by atoms with van der Waals surface area (Å²) in [4.78, 5) is 22.5. The third-order valence-corrected chi connectivity index (χ3v) is 3.60. The Morgan fingerprint density at radius 2 is 1.88 bits per heavy atom. The number of hydrogen-bond donors (Lipinski definition) is 2. The van der Waals surface area contributed by atoms with Crippen LogP contribution in [0.5, 0.6) is 0 Å². The number of hydrogen-bond acceptors (Lipinski definition) is 3. The highest BCUT2D eigenvalue weighted by atomic mass is 16.2. The van der Waals surface area contributed by atoms with E-state index in [0.717, 1.165) is 30.5 Å². The second-order valence-electron chi connectivity index (χ2n) is 5.70. The summed E-state index contributed by atoms with van der Waals surface area (Å²) in [6, 6.07) is 9.85. The summed E-state index contributed by atoms with van der Waals surface area (Å²) in [5.74, 6) is 0.0331. The lowest BCUT2D eigenvalue weighted by Crippen LogP contribution is -2.22. The summed E-state index contributed by atoms with van der Waals surface area (Å²) in [7, 11) is 0. The van der Waals surface area contributed by atoms with E-state index in [1.165, 1.54) is 6.92 Å². The first-order valence-electron chi connectivity index (χ1n) is 8.25. The van der Waals surface area contributed by atoms with Gasteiger partial charge in [-0.05, 0) is 25.0 Å². The lowest BCUT2D eigenvalue weighted by atomic mass is 10.2. The summed E-state index contributed by atoms with van der Waals surface area (Å²) >= 11 is 0. The lowest BCUT2D eigenvalue weighted by Gasteiger charge is -2.04. The fourth-order valence-electron chi connectivity index (χ4n) is 2.31. The minimum absolute atomic E-state index is 0.0104. The fourth-order valence-corrected chi connectivity index (χ4v) is 2.31. The Hall–Kier alpha value is -2.63. The Labute approximate surface area is 142 Å². The van der Waals surface area contributed by atoms with Gasteiger partial charge in [0.2, 0.25) is 11.8 Å². The zero-order valence-corrected chi connectivity index (χ0v) is 14.0. The normalized spacial score (nSPS) is 10.4. The molecular weight excluding hydrogens is 304 g/mol. The van der Waals surface area contributed by atoms with Gasteiger partial charge in [0, 0.05) is 38.2 Å². The molecule has 6 heteroatoms. The molecule has 0 bridgehead atoms. The predicted octanol–water partition coefficient (Wildman–Crippen LogP) is 2.18. The van der Waals surface area contributed by atoms with Gasteiger partial charge in [-0.1, -0.05) is 24.6 Å². The molecule has 2 N–H and O–H groups in total. The SMILES string of the molecule is CC(=O)NCCCCCC(=O)NCc1cnn(-c2ccccc2)c1. The van der Waals surface area contributed by atoms with E-state index in [1.807, 2.05) is 36.5 Å². The van der Waals surface area contributed by atoms with Crippen molar-refractivity contribution in [1.82, 2.24) is 20.4 Å². The minimum Gasteiger partial charge on any atom is -0.356 e. The van der Waals surface area contributed by atoms with Crippen LogP contribution >= 0.6 is 0 Å². The third kappa shape index (κ3) is 6.24.